The van der Waals surface area contributed by atoms with E-state index in [1.54, 1.807) is 7.11 Å². The number of alkyl halides is 1. The van der Waals surface area contributed by atoms with Crippen molar-refractivity contribution >= 4 is 11.6 Å². The molecule has 0 saturated heterocycles. The molecule has 0 radical (unpaired) electrons. The fourth-order valence-electron chi connectivity index (χ4n) is 2.34. The Morgan fingerprint density at radius 1 is 1.00 bits per heavy atom. The van der Waals surface area contributed by atoms with Crippen LogP contribution in [-0.2, 0) is 23.6 Å². The summed E-state index contributed by atoms with van der Waals surface area (Å²) in [6.45, 7) is 3.71. The van der Waals surface area contributed by atoms with E-state index in [2.05, 4.69) is 21.7 Å². The molecule has 20 heavy (non-hydrogen) atoms. The lowest BCUT2D eigenvalue weighted by Crippen LogP contribution is -2.11. The Hall–Kier alpha value is -0.610. The summed E-state index contributed by atoms with van der Waals surface area (Å²) in [5, 5.41) is 8.41. The first-order chi connectivity index (χ1) is 9.83. The summed E-state index contributed by atoms with van der Waals surface area (Å²) in [6, 6.07) is 0. The molecule has 0 aliphatic carbocycles. The maximum absolute atomic E-state index is 5.89. The average Bonchev–Trinajstić information content (AvgIpc) is 2.86. The molecule has 0 N–H and O–H groups in total. The molecule has 0 bridgehead atoms. The van der Waals surface area contributed by atoms with Gasteiger partial charge in [0.05, 0.1) is 12.5 Å². The fraction of sp³-hybridized carbons (Fsp3) is 0.867. The molecular weight excluding hydrogens is 274 g/mol. The van der Waals surface area contributed by atoms with E-state index in [0.717, 1.165) is 24.6 Å². The number of halogens is 1. The topological polar surface area (TPSA) is 39.9 Å². The SMILES string of the molecule is CCCCCCCCCc1nnc(CCl)n1CCOC. The summed E-state index contributed by atoms with van der Waals surface area (Å²) in [5.74, 6) is 2.31. The highest BCUT2D eigenvalue weighted by Gasteiger charge is 2.10. The summed E-state index contributed by atoms with van der Waals surface area (Å²) in [7, 11) is 1.71. The second-order valence-electron chi connectivity index (χ2n) is 5.18. The number of hydrogen-bond acceptors (Lipinski definition) is 3. The third-order valence-corrected chi connectivity index (χ3v) is 3.79. The Kier molecular flexibility index (Phi) is 9.67. The van der Waals surface area contributed by atoms with Crippen LogP contribution in [0.1, 0.15) is 63.5 Å². The molecule has 1 aromatic rings. The number of ether oxygens (including phenoxy) is 1. The number of nitrogens with zero attached hydrogens (tertiary/aromatic N) is 3. The van der Waals surface area contributed by atoms with Crippen LogP contribution in [-0.4, -0.2) is 28.5 Å². The zero-order valence-electron chi connectivity index (χ0n) is 12.9. The molecule has 1 heterocycles. The molecule has 0 amide bonds. The molecule has 1 rings (SSSR count). The number of aromatic nitrogens is 3. The van der Waals surface area contributed by atoms with E-state index in [1.807, 2.05) is 0 Å². The molecule has 4 nitrogen and oxygen atoms in total. The predicted octanol–water partition coefficient (Wildman–Crippen LogP) is 3.96. The van der Waals surface area contributed by atoms with Crippen molar-refractivity contribution in [3.63, 3.8) is 0 Å². The van der Waals surface area contributed by atoms with E-state index in [0.29, 0.717) is 12.5 Å². The second kappa shape index (κ2) is 11.1. The molecule has 5 heteroatoms. The molecule has 0 atom stereocenters. The zero-order valence-corrected chi connectivity index (χ0v) is 13.7. The van der Waals surface area contributed by atoms with Crippen molar-refractivity contribution in [2.75, 3.05) is 13.7 Å². The zero-order chi connectivity index (χ0) is 14.6. The minimum atomic E-state index is 0.410. The lowest BCUT2D eigenvalue weighted by atomic mass is 10.1. The van der Waals surface area contributed by atoms with Crippen molar-refractivity contribution in [3.05, 3.63) is 11.6 Å². The minimum Gasteiger partial charge on any atom is -0.383 e. The summed E-state index contributed by atoms with van der Waals surface area (Å²) in [4.78, 5) is 0. The summed E-state index contributed by atoms with van der Waals surface area (Å²) in [5.41, 5.74) is 0. The summed E-state index contributed by atoms with van der Waals surface area (Å²) >= 11 is 5.89. The maximum Gasteiger partial charge on any atom is 0.148 e. The van der Waals surface area contributed by atoms with Crippen molar-refractivity contribution in [2.24, 2.45) is 0 Å². The van der Waals surface area contributed by atoms with Crippen molar-refractivity contribution in [2.45, 2.75) is 70.7 Å². The van der Waals surface area contributed by atoms with Gasteiger partial charge < -0.3 is 9.30 Å². The van der Waals surface area contributed by atoms with Gasteiger partial charge in [-0.05, 0) is 6.42 Å². The van der Waals surface area contributed by atoms with Crippen LogP contribution in [0.4, 0.5) is 0 Å². The molecule has 0 aliphatic rings. The highest BCUT2D eigenvalue weighted by molar-refractivity contribution is 6.16. The van der Waals surface area contributed by atoms with Crippen LogP contribution in [0.15, 0.2) is 0 Å². The van der Waals surface area contributed by atoms with E-state index in [9.17, 15) is 0 Å². The summed E-state index contributed by atoms with van der Waals surface area (Å²) in [6.07, 6.45) is 10.2. The number of aryl methyl sites for hydroxylation is 1. The van der Waals surface area contributed by atoms with Crippen LogP contribution in [0.25, 0.3) is 0 Å². The maximum atomic E-state index is 5.89. The van der Waals surface area contributed by atoms with E-state index < -0.39 is 0 Å². The molecule has 0 spiro atoms. The van der Waals surface area contributed by atoms with Gasteiger partial charge in [0, 0.05) is 20.1 Å². The van der Waals surface area contributed by atoms with Crippen molar-refractivity contribution in [1.82, 2.24) is 14.8 Å². The Balaban J connectivity index is 2.30. The van der Waals surface area contributed by atoms with E-state index in [4.69, 9.17) is 16.3 Å². The molecule has 0 saturated carbocycles. The van der Waals surface area contributed by atoms with Crippen molar-refractivity contribution in [1.29, 1.82) is 0 Å². The van der Waals surface area contributed by atoms with E-state index in [-0.39, 0.29) is 0 Å². The molecule has 0 fully saturated rings. The van der Waals surface area contributed by atoms with Gasteiger partial charge >= 0.3 is 0 Å². The van der Waals surface area contributed by atoms with Gasteiger partial charge in [0.2, 0.25) is 0 Å². The van der Waals surface area contributed by atoms with Crippen molar-refractivity contribution < 1.29 is 4.74 Å². The lowest BCUT2D eigenvalue weighted by Gasteiger charge is -2.08. The van der Waals surface area contributed by atoms with Crippen molar-refractivity contribution in [3.8, 4) is 0 Å². The second-order valence-corrected chi connectivity index (χ2v) is 5.45. The molecule has 116 valence electrons. The number of methoxy groups -OCH3 is 1. The van der Waals surface area contributed by atoms with Gasteiger partial charge in [-0.25, -0.2) is 0 Å². The number of unbranched alkanes of at least 4 members (excludes halogenated alkanes) is 6. The Morgan fingerprint density at radius 2 is 1.65 bits per heavy atom. The molecule has 0 unspecified atom stereocenters. The third kappa shape index (κ3) is 6.23. The quantitative estimate of drug-likeness (QED) is 0.433. The van der Waals surface area contributed by atoms with Gasteiger partial charge in [0.1, 0.15) is 11.6 Å². The van der Waals surface area contributed by atoms with Gasteiger partial charge in [-0.3, -0.25) is 0 Å². The molecule has 0 aliphatic heterocycles. The van der Waals surface area contributed by atoms with Gasteiger partial charge in [-0.2, -0.15) is 0 Å². The van der Waals surface area contributed by atoms with Gasteiger partial charge in [0.25, 0.3) is 0 Å². The van der Waals surface area contributed by atoms with E-state index >= 15 is 0 Å². The highest BCUT2D eigenvalue weighted by Crippen LogP contribution is 2.11. The van der Waals surface area contributed by atoms with Crippen LogP contribution in [0.3, 0.4) is 0 Å². The van der Waals surface area contributed by atoms with Crippen LogP contribution >= 0.6 is 11.6 Å². The van der Waals surface area contributed by atoms with Gasteiger partial charge in [0.15, 0.2) is 0 Å². The Bertz CT molecular complexity index is 355. The lowest BCUT2D eigenvalue weighted by molar-refractivity contribution is 0.185. The monoisotopic (exact) mass is 301 g/mol. The normalized spacial score (nSPS) is 11.2. The minimum absolute atomic E-state index is 0.410. The summed E-state index contributed by atoms with van der Waals surface area (Å²) < 4.78 is 7.24. The van der Waals surface area contributed by atoms with Crippen LogP contribution in [0.5, 0.6) is 0 Å². The van der Waals surface area contributed by atoms with Gasteiger partial charge in [-0.1, -0.05) is 45.4 Å². The third-order valence-electron chi connectivity index (χ3n) is 3.55. The predicted molar refractivity (Wildman–Crippen MR) is 83.2 cm³/mol. The first-order valence-corrected chi connectivity index (χ1v) is 8.32. The standard InChI is InChI=1S/C15H28ClN3O/c1-3-4-5-6-7-8-9-10-14-17-18-15(13-16)19(14)11-12-20-2/h3-13H2,1-2H3. The highest BCUT2D eigenvalue weighted by atomic mass is 35.5. The molecular formula is C15H28ClN3O. The largest absolute Gasteiger partial charge is 0.383 e. The number of rotatable bonds is 12. The average molecular weight is 302 g/mol. The van der Waals surface area contributed by atoms with Crippen LogP contribution < -0.4 is 0 Å². The van der Waals surface area contributed by atoms with E-state index in [1.165, 1.54) is 44.9 Å². The van der Waals surface area contributed by atoms with Crippen LogP contribution in [0, 0.1) is 0 Å². The fourth-order valence-corrected chi connectivity index (χ4v) is 2.53. The van der Waals surface area contributed by atoms with Crippen LogP contribution in [0.2, 0.25) is 0 Å². The van der Waals surface area contributed by atoms with Gasteiger partial charge in [-0.15, -0.1) is 21.8 Å². The molecule has 1 aromatic heterocycles. The molecule has 0 aromatic carbocycles. The first kappa shape index (κ1) is 17.4. The Morgan fingerprint density at radius 3 is 2.30 bits per heavy atom. The smallest absolute Gasteiger partial charge is 0.148 e. The number of hydrogen-bond donors (Lipinski definition) is 0. The first-order valence-electron chi connectivity index (χ1n) is 7.79. The Labute approximate surface area is 127 Å².